The summed E-state index contributed by atoms with van der Waals surface area (Å²) in [7, 11) is 0. The number of rotatable bonds is 4. The van der Waals surface area contributed by atoms with Crippen LogP contribution in [-0.4, -0.2) is 23.3 Å². The maximum atomic E-state index is 11.2. The van der Waals surface area contributed by atoms with Gasteiger partial charge < -0.3 is 9.84 Å². The van der Waals surface area contributed by atoms with Crippen LogP contribution in [0.3, 0.4) is 0 Å². The number of benzene rings is 1. The predicted molar refractivity (Wildman–Crippen MR) is 58.8 cm³/mol. The van der Waals surface area contributed by atoms with Crippen molar-refractivity contribution in [3.8, 4) is 0 Å². The summed E-state index contributed by atoms with van der Waals surface area (Å²) >= 11 is 0. The van der Waals surface area contributed by atoms with Crippen LogP contribution < -0.4 is 5.32 Å². The van der Waals surface area contributed by atoms with Crippen molar-refractivity contribution >= 4 is 5.97 Å². The number of carboxylic acids is 1. The Morgan fingerprint density at radius 1 is 1.44 bits per heavy atom. The van der Waals surface area contributed by atoms with Gasteiger partial charge in [0.05, 0.1) is 6.61 Å². The molecule has 86 valence electrons. The van der Waals surface area contributed by atoms with Gasteiger partial charge in [0.1, 0.15) is 0 Å². The highest BCUT2D eigenvalue weighted by atomic mass is 16.5. The van der Waals surface area contributed by atoms with E-state index in [9.17, 15) is 4.79 Å². The fourth-order valence-corrected chi connectivity index (χ4v) is 1.86. The van der Waals surface area contributed by atoms with Crippen LogP contribution in [0.25, 0.3) is 0 Å². The number of carboxylic acid groups (broad SMARTS) is 1. The van der Waals surface area contributed by atoms with E-state index in [-0.39, 0.29) is 0 Å². The van der Waals surface area contributed by atoms with Gasteiger partial charge in [-0.3, -0.25) is 5.32 Å². The predicted octanol–water partition coefficient (Wildman–Crippen LogP) is 1.37. The molecule has 4 heteroatoms. The Kier molecular flexibility index (Phi) is 3.22. The van der Waals surface area contributed by atoms with E-state index >= 15 is 0 Å². The summed E-state index contributed by atoms with van der Waals surface area (Å²) in [5.74, 6) is -0.930. The van der Waals surface area contributed by atoms with E-state index in [1.165, 1.54) is 0 Å². The van der Waals surface area contributed by atoms with Gasteiger partial charge in [0.25, 0.3) is 0 Å². The molecule has 0 spiro atoms. The summed E-state index contributed by atoms with van der Waals surface area (Å²) in [5, 5.41) is 12.1. The van der Waals surface area contributed by atoms with Crippen LogP contribution >= 0.6 is 0 Å². The maximum absolute atomic E-state index is 11.2. The van der Waals surface area contributed by atoms with Crippen LogP contribution in [0.15, 0.2) is 30.3 Å². The largest absolute Gasteiger partial charge is 0.478 e. The van der Waals surface area contributed by atoms with Crippen LogP contribution in [0.5, 0.6) is 0 Å². The Hall–Kier alpha value is -1.39. The monoisotopic (exact) mass is 221 g/mol. The molecule has 16 heavy (non-hydrogen) atoms. The average molecular weight is 221 g/mol. The highest BCUT2D eigenvalue weighted by Gasteiger charge is 2.42. The van der Waals surface area contributed by atoms with Gasteiger partial charge in [-0.25, -0.2) is 4.79 Å². The SMILES string of the molecule is O=C(O)[C@@]1(OCc2ccccc2)CCCN1. The summed E-state index contributed by atoms with van der Waals surface area (Å²) in [4.78, 5) is 11.2. The minimum Gasteiger partial charge on any atom is -0.478 e. The van der Waals surface area contributed by atoms with Crippen LogP contribution in [0, 0.1) is 0 Å². The van der Waals surface area contributed by atoms with Crippen molar-refractivity contribution < 1.29 is 14.6 Å². The Morgan fingerprint density at radius 2 is 2.19 bits per heavy atom. The Morgan fingerprint density at radius 3 is 2.75 bits per heavy atom. The molecule has 1 aliphatic rings. The topological polar surface area (TPSA) is 58.6 Å². The molecule has 0 aromatic heterocycles. The van der Waals surface area contributed by atoms with Gasteiger partial charge in [0.15, 0.2) is 0 Å². The van der Waals surface area contributed by atoms with Crippen molar-refractivity contribution in [3.05, 3.63) is 35.9 Å². The van der Waals surface area contributed by atoms with Gasteiger partial charge in [-0.1, -0.05) is 30.3 Å². The number of aliphatic carboxylic acids is 1. The smallest absolute Gasteiger partial charge is 0.351 e. The van der Waals surface area contributed by atoms with Crippen LogP contribution in [0.1, 0.15) is 18.4 Å². The molecule has 0 saturated carbocycles. The van der Waals surface area contributed by atoms with Crippen molar-refractivity contribution in [3.63, 3.8) is 0 Å². The molecule has 4 nitrogen and oxygen atoms in total. The molecule has 1 aromatic carbocycles. The highest BCUT2D eigenvalue weighted by Crippen LogP contribution is 2.22. The van der Waals surface area contributed by atoms with E-state index in [1.54, 1.807) is 0 Å². The number of ether oxygens (including phenoxy) is 1. The molecule has 1 saturated heterocycles. The molecular weight excluding hydrogens is 206 g/mol. The standard InChI is InChI=1S/C12H15NO3/c14-11(15)12(7-4-8-13-12)16-9-10-5-2-1-3-6-10/h1-3,5-6,13H,4,7-9H2,(H,14,15)/t12-/m0/s1. The van der Waals surface area contributed by atoms with E-state index in [2.05, 4.69) is 5.32 Å². The summed E-state index contributed by atoms with van der Waals surface area (Å²) < 4.78 is 5.53. The lowest BCUT2D eigenvalue weighted by molar-refractivity contribution is -0.170. The van der Waals surface area contributed by atoms with E-state index in [0.29, 0.717) is 19.6 Å². The molecule has 0 aliphatic carbocycles. The van der Waals surface area contributed by atoms with E-state index in [1.807, 2.05) is 30.3 Å². The van der Waals surface area contributed by atoms with Crippen molar-refractivity contribution in [1.29, 1.82) is 0 Å². The molecule has 1 atom stereocenters. The van der Waals surface area contributed by atoms with Crippen LogP contribution in [0.2, 0.25) is 0 Å². The fraction of sp³-hybridized carbons (Fsp3) is 0.417. The van der Waals surface area contributed by atoms with E-state index in [0.717, 1.165) is 12.0 Å². The van der Waals surface area contributed by atoms with Crippen LogP contribution in [0.4, 0.5) is 0 Å². The zero-order chi connectivity index (χ0) is 11.4. The molecule has 0 amide bonds. The molecule has 1 aromatic rings. The summed E-state index contributed by atoms with van der Waals surface area (Å²) in [6.45, 7) is 1.02. The lowest BCUT2D eigenvalue weighted by atomic mass is 10.1. The second-order valence-electron chi connectivity index (χ2n) is 3.94. The zero-order valence-electron chi connectivity index (χ0n) is 8.98. The molecule has 1 heterocycles. The lowest BCUT2D eigenvalue weighted by Gasteiger charge is -2.24. The molecule has 2 N–H and O–H groups in total. The van der Waals surface area contributed by atoms with E-state index in [4.69, 9.17) is 9.84 Å². The Bertz CT molecular complexity index is 358. The Labute approximate surface area is 94.2 Å². The fourth-order valence-electron chi connectivity index (χ4n) is 1.86. The van der Waals surface area contributed by atoms with Gasteiger partial charge in [-0.2, -0.15) is 0 Å². The molecule has 0 bridgehead atoms. The first-order valence-corrected chi connectivity index (χ1v) is 5.39. The van der Waals surface area contributed by atoms with Gasteiger partial charge in [0.2, 0.25) is 5.72 Å². The van der Waals surface area contributed by atoms with Crippen molar-refractivity contribution in [2.75, 3.05) is 6.54 Å². The zero-order valence-corrected chi connectivity index (χ0v) is 8.98. The summed E-state index contributed by atoms with van der Waals surface area (Å²) in [5.41, 5.74) is -0.202. The van der Waals surface area contributed by atoms with Crippen molar-refractivity contribution in [1.82, 2.24) is 5.32 Å². The number of hydrogen-bond acceptors (Lipinski definition) is 3. The van der Waals surface area contributed by atoms with Crippen molar-refractivity contribution in [2.24, 2.45) is 0 Å². The van der Waals surface area contributed by atoms with Gasteiger partial charge >= 0.3 is 5.97 Å². The second-order valence-corrected chi connectivity index (χ2v) is 3.94. The third-order valence-corrected chi connectivity index (χ3v) is 2.79. The molecule has 0 unspecified atom stereocenters. The first-order chi connectivity index (χ1) is 7.73. The maximum Gasteiger partial charge on any atom is 0.351 e. The van der Waals surface area contributed by atoms with Gasteiger partial charge in [-0.15, -0.1) is 0 Å². The average Bonchev–Trinajstić information content (AvgIpc) is 2.78. The third kappa shape index (κ3) is 2.23. The molecule has 1 aliphatic heterocycles. The first kappa shape index (κ1) is 11.1. The number of hydrogen-bond donors (Lipinski definition) is 2. The van der Waals surface area contributed by atoms with E-state index < -0.39 is 11.7 Å². The molecule has 2 rings (SSSR count). The minimum atomic E-state index is -1.18. The number of carbonyl (C=O) groups is 1. The van der Waals surface area contributed by atoms with Crippen LogP contribution in [-0.2, 0) is 16.1 Å². The second kappa shape index (κ2) is 4.63. The molecular formula is C12H15NO3. The normalized spacial score (nSPS) is 24.5. The first-order valence-electron chi connectivity index (χ1n) is 5.39. The molecule has 0 radical (unpaired) electrons. The summed E-state index contributed by atoms with van der Waals surface area (Å²) in [6.07, 6.45) is 1.36. The van der Waals surface area contributed by atoms with Gasteiger partial charge in [0, 0.05) is 6.42 Å². The Balaban J connectivity index is 2.00. The molecule has 1 fully saturated rings. The highest BCUT2D eigenvalue weighted by molar-refractivity contribution is 5.77. The minimum absolute atomic E-state index is 0.320. The number of nitrogens with one attached hydrogen (secondary N) is 1. The summed E-state index contributed by atoms with van der Waals surface area (Å²) in [6, 6.07) is 9.59. The quantitative estimate of drug-likeness (QED) is 0.806. The third-order valence-electron chi connectivity index (χ3n) is 2.79. The van der Waals surface area contributed by atoms with Crippen molar-refractivity contribution in [2.45, 2.75) is 25.2 Å². The van der Waals surface area contributed by atoms with Gasteiger partial charge in [-0.05, 0) is 18.5 Å². The lowest BCUT2D eigenvalue weighted by Crippen LogP contribution is -2.49.